The van der Waals surface area contributed by atoms with Crippen molar-refractivity contribution in [2.45, 2.75) is 19.3 Å². The van der Waals surface area contributed by atoms with Gasteiger partial charge in [-0.05, 0) is 45.5 Å². The standard InChI is InChI=1S/C28H27NO3/c1-29(17-16-27(30)31)28(32)24(18-22-12-6-10-20-8-2-4-14-25(20)22)19-23-13-7-11-21-9-3-5-15-26(21)23/h2-15,24H,16-19H2,1H3,(H,30,31). The number of carbonyl (C=O) groups excluding carboxylic acids is 1. The van der Waals surface area contributed by atoms with Gasteiger partial charge in [-0.25, -0.2) is 0 Å². The number of rotatable bonds is 8. The van der Waals surface area contributed by atoms with Gasteiger partial charge in [-0.3, -0.25) is 9.59 Å². The Hall–Kier alpha value is -3.66. The SMILES string of the molecule is CN(CCC(=O)O)C(=O)C(Cc1cccc2ccccc12)Cc1cccc2ccccc12. The van der Waals surface area contributed by atoms with Crippen molar-refractivity contribution in [1.29, 1.82) is 0 Å². The van der Waals surface area contributed by atoms with Crippen molar-refractivity contribution in [3.8, 4) is 0 Å². The van der Waals surface area contributed by atoms with Crippen molar-refractivity contribution in [2.75, 3.05) is 13.6 Å². The van der Waals surface area contributed by atoms with Gasteiger partial charge >= 0.3 is 5.97 Å². The number of carboxylic acids is 1. The van der Waals surface area contributed by atoms with Crippen LogP contribution in [0, 0.1) is 5.92 Å². The monoisotopic (exact) mass is 425 g/mol. The van der Waals surface area contributed by atoms with Gasteiger partial charge in [-0.1, -0.05) is 84.9 Å². The van der Waals surface area contributed by atoms with Crippen LogP contribution in [0.1, 0.15) is 17.5 Å². The minimum Gasteiger partial charge on any atom is -0.481 e. The molecule has 4 aromatic carbocycles. The van der Waals surface area contributed by atoms with E-state index in [-0.39, 0.29) is 24.8 Å². The molecule has 0 aliphatic rings. The number of nitrogens with zero attached hydrogens (tertiary/aromatic N) is 1. The van der Waals surface area contributed by atoms with Crippen LogP contribution in [-0.2, 0) is 22.4 Å². The summed E-state index contributed by atoms with van der Waals surface area (Å²) in [5, 5.41) is 13.7. The van der Waals surface area contributed by atoms with Crippen LogP contribution in [0.2, 0.25) is 0 Å². The van der Waals surface area contributed by atoms with E-state index in [9.17, 15) is 9.59 Å². The molecule has 0 heterocycles. The zero-order valence-electron chi connectivity index (χ0n) is 18.2. The number of benzene rings is 4. The number of hydrogen-bond donors (Lipinski definition) is 1. The maximum Gasteiger partial charge on any atom is 0.305 e. The van der Waals surface area contributed by atoms with Gasteiger partial charge in [0.2, 0.25) is 5.91 Å². The van der Waals surface area contributed by atoms with Crippen LogP contribution < -0.4 is 0 Å². The number of hydrogen-bond acceptors (Lipinski definition) is 2. The Morgan fingerprint density at radius 1 is 0.750 bits per heavy atom. The van der Waals surface area contributed by atoms with Gasteiger partial charge < -0.3 is 10.0 Å². The van der Waals surface area contributed by atoms with Crippen molar-refractivity contribution in [1.82, 2.24) is 4.90 Å². The summed E-state index contributed by atoms with van der Waals surface area (Å²) in [7, 11) is 1.70. The third-order valence-electron chi connectivity index (χ3n) is 6.08. The third-order valence-corrected chi connectivity index (χ3v) is 6.08. The van der Waals surface area contributed by atoms with E-state index >= 15 is 0 Å². The van der Waals surface area contributed by atoms with Crippen LogP contribution in [-0.4, -0.2) is 35.5 Å². The largest absolute Gasteiger partial charge is 0.481 e. The fraction of sp³-hybridized carbons (Fsp3) is 0.214. The smallest absolute Gasteiger partial charge is 0.305 e. The van der Waals surface area contributed by atoms with Crippen molar-refractivity contribution < 1.29 is 14.7 Å². The van der Waals surface area contributed by atoms with E-state index < -0.39 is 5.97 Å². The van der Waals surface area contributed by atoms with Gasteiger partial charge in [0, 0.05) is 19.5 Å². The zero-order valence-corrected chi connectivity index (χ0v) is 18.2. The highest BCUT2D eigenvalue weighted by Gasteiger charge is 2.24. The predicted octanol–water partition coefficient (Wildman–Crippen LogP) is 5.33. The van der Waals surface area contributed by atoms with Crippen molar-refractivity contribution >= 4 is 33.4 Å². The summed E-state index contributed by atoms with van der Waals surface area (Å²) in [5.41, 5.74) is 2.27. The highest BCUT2D eigenvalue weighted by Crippen LogP contribution is 2.27. The lowest BCUT2D eigenvalue weighted by atomic mass is 9.87. The Labute approximate surface area is 188 Å². The summed E-state index contributed by atoms with van der Waals surface area (Å²) >= 11 is 0. The van der Waals surface area contributed by atoms with E-state index in [1.54, 1.807) is 11.9 Å². The maximum atomic E-state index is 13.5. The van der Waals surface area contributed by atoms with Gasteiger partial charge in [0.1, 0.15) is 0 Å². The predicted molar refractivity (Wildman–Crippen MR) is 129 cm³/mol. The molecule has 4 aromatic rings. The first-order valence-corrected chi connectivity index (χ1v) is 10.9. The molecule has 0 aliphatic carbocycles. The topological polar surface area (TPSA) is 57.6 Å². The Morgan fingerprint density at radius 2 is 1.22 bits per heavy atom. The lowest BCUT2D eigenvalue weighted by Crippen LogP contribution is -2.36. The second-order valence-electron chi connectivity index (χ2n) is 8.29. The van der Waals surface area contributed by atoms with Gasteiger partial charge in [0.05, 0.1) is 6.42 Å². The number of amides is 1. The minimum absolute atomic E-state index is 0.0212. The second-order valence-corrected chi connectivity index (χ2v) is 8.29. The molecule has 32 heavy (non-hydrogen) atoms. The third kappa shape index (κ3) is 4.80. The quantitative estimate of drug-likeness (QED) is 0.415. The van der Waals surface area contributed by atoms with Crippen LogP contribution in [0.4, 0.5) is 0 Å². The van der Waals surface area contributed by atoms with Crippen molar-refractivity contribution in [3.63, 3.8) is 0 Å². The molecule has 4 heteroatoms. The molecule has 0 unspecified atom stereocenters. The number of fused-ring (bicyclic) bond motifs is 2. The minimum atomic E-state index is -0.899. The van der Waals surface area contributed by atoms with E-state index in [0.29, 0.717) is 12.8 Å². The first-order chi connectivity index (χ1) is 15.5. The Kier molecular flexibility index (Phi) is 6.50. The van der Waals surface area contributed by atoms with Crippen LogP contribution in [0.25, 0.3) is 21.5 Å². The number of carbonyl (C=O) groups is 2. The Morgan fingerprint density at radius 3 is 1.72 bits per heavy atom. The number of aliphatic carboxylic acids is 1. The molecule has 1 amide bonds. The molecule has 0 bridgehead atoms. The molecule has 0 atom stereocenters. The summed E-state index contributed by atoms with van der Waals surface area (Å²) in [5.74, 6) is -1.21. The van der Waals surface area contributed by atoms with Gasteiger partial charge in [0.25, 0.3) is 0 Å². The summed E-state index contributed by atoms with van der Waals surface area (Å²) in [4.78, 5) is 26.1. The Bertz CT molecular complexity index is 1170. The summed E-state index contributed by atoms with van der Waals surface area (Å²) in [6, 6.07) is 28.8. The molecule has 0 fully saturated rings. The molecule has 0 spiro atoms. The molecule has 4 nitrogen and oxygen atoms in total. The normalized spacial score (nSPS) is 11.2. The lowest BCUT2D eigenvalue weighted by Gasteiger charge is -2.24. The van der Waals surface area contributed by atoms with Gasteiger partial charge in [-0.2, -0.15) is 0 Å². The molecule has 0 saturated carbocycles. The second kappa shape index (κ2) is 9.65. The van der Waals surface area contributed by atoms with E-state index in [0.717, 1.165) is 32.7 Å². The summed E-state index contributed by atoms with van der Waals surface area (Å²) < 4.78 is 0. The average Bonchev–Trinajstić information content (AvgIpc) is 2.82. The molecular weight excluding hydrogens is 398 g/mol. The maximum absolute atomic E-state index is 13.5. The van der Waals surface area contributed by atoms with Crippen molar-refractivity contribution in [3.05, 3.63) is 96.1 Å². The van der Waals surface area contributed by atoms with E-state index in [4.69, 9.17) is 5.11 Å². The van der Waals surface area contributed by atoms with Gasteiger partial charge in [0.15, 0.2) is 0 Å². The zero-order chi connectivity index (χ0) is 22.5. The first kappa shape index (κ1) is 21.6. The van der Waals surface area contributed by atoms with Crippen molar-refractivity contribution in [2.24, 2.45) is 5.92 Å². The van der Waals surface area contributed by atoms with E-state index in [2.05, 4.69) is 48.5 Å². The highest BCUT2D eigenvalue weighted by molar-refractivity contribution is 5.88. The van der Waals surface area contributed by atoms with Crippen LogP contribution >= 0.6 is 0 Å². The Balaban J connectivity index is 1.69. The van der Waals surface area contributed by atoms with Crippen LogP contribution in [0.15, 0.2) is 84.9 Å². The fourth-order valence-corrected chi connectivity index (χ4v) is 4.40. The molecular formula is C28H27NO3. The molecule has 0 aromatic heterocycles. The molecule has 162 valence electrons. The molecule has 1 N–H and O–H groups in total. The average molecular weight is 426 g/mol. The highest BCUT2D eigenvalue weighted by atomic mass is 16.4. The molecule has 0 aliphatic heterocycles. The van der Waals surface area contributed by atoms with E-state index in [1.807, 2.05) is 36.4 Å². The molecule has 4 rings (SSSR count). The first-order valence-electron chi connectivity index (χ1n) is 10.9. The number of carboxylic acid groups (broad SMARTS) is 1. The van der Waals surface area contributed by atoms with Gasteiger partial charge in [-0.15, -0.1) is 0 Å². The fourth-order valence-electron chi connectivity index (χ4n) is 4.40. The van der Waals surface area contributed by atoms with E-state index in [1.165, 1.54) is 0 Å². The molecule has 0 radical (unpaired) electrons. The molecule has 0 saturated heterocycles. The summed E-state index contributed by atoms with van der Waals surface area (Å²) in [6.45, 7) is 0.204. The van der Waals surface area contributed by atoms with Crippen LogP contribution in [0.3, 0.4) is 0 Å². The summed E-state index contributed by atoms with van der Waals surface area (Å²) in [6.07, 6.45) is 1.14. The van der Waals surface area contributed by atoms with Crippen LogP contribution in [0.5, 0.6) is 0 Å². The lowest BCUT2D eigenvalue weighted by molar-refractivity contribution is -0.139.